The van der Waals surface area contributed by atoms with E-state index in [1.165, 1.54) is 4.90 Å². The minimum Gasteiger partial charge on any atom is -0.326 e. The summed E-state index contributed by atoms with van der Waals surface area (Å²) in [6, 6.07) is 27.3. The second-order valence-corrected chi connectivity index (χ2v) is 7.70. The number of carbonyl (C=O) groups is 3. The summed E-state index contributed by atoms with van der Waals surface area (Å²) in [6.07, 6.45) is 0.903. The van der Waals surface area contributed by atoms with Gasteiger partial charge in [0.1, 0.15) is 0 Å². The SMILES string of the molecule is O=C(CC(c1ccccc1)c1ccccc1)Nc1ccc(CN2C(=O)CCC2=O)cc1. The van der Waals surface area contributed by atoms with Gasteiger partial charge in [-0.15, -0.1) is 0 Å². The number of likely N-dealkylation sites (tertiary alicyclic amines) is 1. The fraction of sp³-hybridized carbons (Fsp3) is 0.192. The number of anilines is 1. The van der Waals surface area contributed by atoms with Gasteiger partial charge in [-0.1, -0.05) is 72.8 Å². The highest BCUT2D eigenvalue weighted by molar-refractivity contribution is 6.01. The van der Waals surface area contributed by atoms with Crippen LogP contribution >= 0.6 is 0 Å². The minimum absolute atomic E-state index is 0.0335. The largest absolute Gasteiger partial charge is 0.326 e. The van der Waals surface area contributed by atoms with Crippen molar-refractivity contribution in [3.05, 3.63) is 102 Å². The zero-order valence-electron chi connectivity index (χ0n) is 17.2. The Morgan fingerprint density at radius 2 is 1.29 bits per heavy atom. The van der Waals surface area contributed by atoms with Crippen LogP contribution in [0.15, 0.2) is 84.9 Å². The van der Waals surface area contributed by atoms with E-state index in [0.29, 0.717) is 12.1 Å². The van der Waals surface area contributed by atoms with Crippen LogP contribution in [0.4, 0.5) is 5.69 Å². The molecule has 156 valence electrons. The van der Waals surface area contributed by atoms with Crippen LogP contribution in [0.2, 0.25) is 0 Å². The highest BCUT2D eigenvalue weighted by Crippen LogP contribution is 2.28. The smallest absolute Gasteiger partial charge is 0.229 e. The van der Waals surface area contributed by atoms with Crippen molar-refractivity contribution in [3.63, 3.8) is 0 Å². The molecule has 0 saturated carbocycles. The molecule has 0 bridgehead atoms. The summed E-state index contributed by atoms with van der Waals surface area (Å²) in [5, 5.41) is 2.96. The summed E-state index contributed by atoms with van der Waals surface area (Å²) in [4.78, 5) is 37.7. The van der Waals surface area contributed by atoms with Gasteiger partial charge in [0.2, 0.25) is 17.7 Å². The molecular formula is C26H24N2O3. The second-order valence-electron chi connectivity index (χ2n) is 7.70. The normalized spacial score (nSPS) is 13.6. The number of amides is 3. The molecule has 0 aliphatic carbocycles. The molecular weight excluding hydrogens is 388 g/mol. The molecule has 5 nitrogen and oxygen atoms in total. The van der Waals surface area contributed by atoms with Crippen molar-refractivity contribution in [3.8, 4) is 0 Å². The third kappa shape index (κ3) is 5.07. The lowest BCUT2D eigenvalue weighted by molar-refractivity contribution is -0.139. The van der Waals surface area contributed by atoms with Gasteiger partial charge in [0, 0.05) is 30.9 Å². The Bertz CT molecular complexity index is 1010. The highest BCUT2D eigenvalue weighted by Gasteiger charge is 2.28. The molecule has 3 aromatic rings. The molecule has 1 aliphatic rings. The summed E-state index contributed by atoms with van der Waals surface area (Å²) in [6.45, 7) is 0.274. The van der Waals surface area contributed by atoms with Crippen LogP contribution in [0.25, 0.3) is 0 Å². The van der Waals surface area contributed by atoms with Gasteiger partial charge in [-0.2, -0.15) is 0 Å². The van der Waals surface area contributed by atoms with Gasteiger partial charge in [-0.3, -0.25) is 19.3 Å². The molecule has 1 N–H and O–H groups in total. The Hall–Kier alpha value is -3.73. The molecule has 0 spiro atoms. The van der Waals surface area contributed by atoms with Gasteiger partial charge in [-0.25, -0.2) is 0 Å². The zero-order valence-corrected chi connectivity index (χ0v) is 17.2. The van der Waals surface area contributed by atoms with E-state index in [1.807, 2.05) is 72.8 Å². The maximum Gasteiger partial charge on any atom is 0.229 e. The molecule has 0 aromatic heterocycles. The lowest BCUT2D eigenvalue weighted by Gasteiger charge is -2.18. The number of imide groups is 1. The van der Waals surface area contributed by atoms with Crippen LogP contribution in [0.1, 0.15) is 41.9 Å². The quantitative estimate of drug-likeness (QED) is 0.581. The van der Waals surface area contributed by atoms with E-state index >= 15 is 0 Å². The van der Waals surface area contributed by atoms with Crippen molar-refractivity contribution >= 4 is 23.4 Å². The lowest BCUT2D eigenvalue weighted by atomic mass is 9.88. The molecule has 3 aromatic carbocycles. The van der Waals surface area contributed by atoms with Crippen molar-refractivity contribution in [1.29, 1.82) is 0 Å². The standard InChI is InChI=1S/C26H24N2O3/c29-24(17-23(20-7-3-1-4-8-20)21-9-5-2-6-10-21)27-22-13-11-19(12-14-22)18-28-25(30)15-16-26(28)31/h1-14,23H,15-18H2,(H,27,29). The first-order valence-electron chi connectivity index (χ1n) is 10.4. The Morgan fingerprint density at radius 3 is 1.81 bits per heavy atom. The molecule has 0 atom stereocenters. The molecule has 5 heteroatoms. The molecule has 1 heterocycles. The third-order valence-electron chi connectivity index (χ3n) is 5.53. The van der Waals surface area contributed by atoms with Gasteiger partial charge < -0.3 is 5.32 Å². The van der Waals surface area contributed by atoms with Gasteiger partial charge in [0.25, 0.3) is 0 Å². The van der Waals surface area contributed by atoms with Crippen LogP contribution in [-0.4, -0.2) is 22.6 Å². The number of nitrogens with zero attached hydrogens (tertiary/aromatic N) is 1. The molecule has 1 aliphatic heterocycles. The average molecular weight is 412 g/mol. The van der Waals surface area contributed by atoms with Crippen LogP contribution in [0, 0.1) is 0 Å². The average Bonchev–Trinajstić information content (AvgIpc) is 3.12. The Balaban J connectivity index is 1.42. The second kappa shape index (κ2) is 9.39. The molecule has 31 heavy (non-hydrogen) atoms. The molecule has 4 rings (SSSR count). The molecule has 0 radical (unpaired) electrons. The fourth-order valence-electron chi connectivity index (χ4n) is 3.87. The Kier molecular flexibility index (Phi) is 6.22. The van der Waals surface area contributed by atoms with E-state index in [0.717, 1.165) is 16.7 Å². The Morgan fingerprint density at radius 1 is 0.774 bits per heavy atom. The monoisotopic (exact) mass is 412 g/mol. The number of hydrogen-bond donors (Lipinski definition) is 1. The third-order valence-corrected chi connectivity index (χ3v) is 5.53. The number of hydrogen-bond acceptors (Lipinski definition) is 3. The summed E-state index contributed by atoms with van der Waals surface area (Å²) in [5.41, 5.74) is 3.74. The van der Waals surface area contributed by atoms with E-state index in [-0.39, 0.29) is 43.0 Å². The van der Waals surface area contributed by atoms with Crippen molar-refractivity contribution in [2.24, 2.45) is 0 Å². The van der Waals surface area contributed by atoms with E-state index in [4.69, 9.17) is 0 Å². The van der Waals surface area contributed by atoms with Crippen LogP contribution in [0.5, 0.6) is 0 Å². The van der Waals surface area contributed by atoms with E-state index in [9.17, 15) is 14.4 Å². The number of carbonyl (C=O) groups excluding carboxylic acids is 3. The minimum atomic E-state index is -0.129. The van der Waals surface area contributed by atoms with Crippen LogP contribution in [-0.2, 0) is 20.9 Å². The van der Waals surface area contributed by atoms with Gasteiger partial charge >= 0.3 is 0 Å². The molecule has 1 saturated heterocycles. The van der Waals surface area contributed by atoms with E-state index < -0.39 is 0 Å². The van der Waals surface area contributed by atoms with Gasteiger partial charge in [0.15, 0.2) is 0 Å². The van der Waals surface area contributed by atoms with E-state index in [1.54, 1.807) is 12.1 Å². The number of rotatable bonds is 7. The summed E-state index contributed by atoms with van der Waals surface area (Å²) in [5.74, 6) is -0.366. The van der Waals surface area contributed by atoms with Crippen molar-refractivity contribution in [2.45, 2.75) is 31.7 Å². The zero-order chi connectivity index (χ0) is 21.6. The summed E-state index contributed by atoms with van der Waals surface area (Å²) in [7, 11) is 0. The molecule has 3 amide bonds. The molecule has 0 unspecified atom stereocenters. The number of nitrogens with one attached hydrogen (secondary N) is 1. The first kappa shape index (κ1) is 20.5. The predicted octanol–water partition coefficient (Wildman–Crippen LogP) is 4.50. The lowest BCUT2D eigenvalue weighted by Crippen LogP contribution is -2.28. The van der Waals surface area contributed by atoms with Crippen molar-refractivity contribution in [2.75, 3.05) is 5.32 Å². The number of benzene rings is 3. The summed E-state index contributed by atoms with van der Waals surface area (Å²) < 4.78 is 0. The van der Waals surface area contributed by atoms with Gasteiger partial charge in [-0.05, 0) is 28.8 Å². The van der Waals surface area contributed by atoms with Crippen molar-refractivity contribution < 1.29 is 14.4 Å². The fourth-order valence-corrected chi connectivity index (χ4v) is 3.87. The maximum absolute atomic E-state index is 12.8. The first-order chi connectivity index (χ1) is 15.1. The van der Waals surface area contributed by atoms with E-state index in [2.05, 4.69) is 5.32 Å². The van der Waals surface area contributed by atoms with Crippen LogP contribution in [0.3, 0.4) is 0 Å². The van der Waals surface area contributed by atoms with Gasteiger partial charge in [0.05, 0.1) is 6.54 Å². The molecule has 1 fully saturated rings. The predicted molar refractivity (Wildman–Crippen MR) is 119 cm³/mol. The van der Waals surface area contributed by atoms with Crippen LogP contribution < -0.4 is 5.32 Å². The van der Waals surface area contributed by atoms with Crippen molar-refractivity contribution in [1.82, 2.24) is 4.90 Å². The first-order valence-corrected chi connectivity index (χ1v) is 10.4. The Labute approximate surface area is 181 Å². The highest BCUT2D eigenvalue weighted by atomic mass is 16.2. The summed E-state index contributed by atoms with van der Waals surface area (Å²) >= 11 is 0. The maximum atomic E-state index is 12.8. The topological polar surface area (TPSA) is 66.5 Å².